The Labute approximate surface area is 105 Å². The Morgan fingerprint density at radius 1 is 1.00 bits per heavy atom. The van der Waals surface area contributed by atoms with E-state index in [0.717, 1.165) is 19.0 Å². The molecule has 0 radical (unpaired) electrons. The number of aliphatic hydroxyl groups excluding tert-OH is 1. The lowest BCUT2D eigenvalue weighted by Gasteiger charge is -2.44. The van der Waals surface area contributed by atoms with E-state index >= 15 is 0 Å². The van der Waals surface area contributed by atoms with Crippen molar-refractivity contribution in [2.75, 3.05) is 13.2 Å². The van der Waals surface area contributed by atoms with E-state index in [1.165, 1.54) is 51.4 Å². The predicted octanol–water partition coefficient (Wildman–Crippen LogP) is 1.88. The topological polar surface area (TPSA) is 49.5 Å². The number of hydrogen-bond donors (Lipinski definition) is 2. The maximum atomic E-state index is 9.05. The quantitative estimate of drug-likeness (QED) is 0.721. The summed E-state index contributed by atoms with van der Waals surface area (Å²) in [5, 5.41) is 9.05. The van der Waals surface area contributed by atoms with Crippen molar-refractivity contribution in [3.05, 3.63) is 0 Å². The normalized spacial score (nSPS) is 31.2. The van der Waals surface area contributed by atoms with E-state index < -0.39 is 0 Å². The monoisotopic (exact) mass is 240 g/mol. The van der Waals surface area contributed by atoms with Gasteiger partial charge in [0.2, 0.25) is 0 Å². The summed E-state index contributed by atoms with van der Waals surface area (Å²) in [6, 6.07) is 1.70. The summed E-state index contributed by atoms with van der Waals surface area (Å²) in [5.41, 5.74) is 6.36. The average molecular weight is 240 g/mol. The van der Waals surface area contributed by atoms with Gasteiger partial charge in [0, 0.05) is 31.3 Å². The Morgan fingerprint density at radius 2 is 1.76 bits per heavy atom. The molecule has 3 nitrogen and oxygen atoms in total. The Hall–Kier alpha value is -0.120. The molecule has 3 heteroatoms. The van der Waals surface area contributed by atoms with Gasteiger partial charge in [-0.25, -0.2) is 0 Å². The first kappa shape index (κ1) is 13.3. The lowest BCUT2D eigenvalue weighted by molar-refractivity contribution is 0.0560. The third-order valence-corrected chi connectivity index (χ3v) is 4.58. The molecule has 0 bridgehead atoms. The van der Waals surface area contributed by atoms with Crippen LogP contribution in [0.15, 0.2) is 0 Å². The summed E-state index contributed by atoms with van der Waals surface area (Å²) in [6.07, 6.45) is 11.4. The van der Waals surface area contributed by atoms with Crippen molar-refractivity contribution >= 4 is 0 Å². The first-order chi connectivity index (χ1) is 8.33. The summed E-state index contributed by atoms with van der Waals surface area (Å²) >= 11 is 0. The molecule has 0 aromatic heterocycles. The molecule has 0 saturated heterocycles. The van der Waals surface area contributed by atoms with Crippen LogP contribution in [-0.4, -0.2) is 41.3 Å². The van der Waals surface area contributed by atoms with Gasteiger partial charge in [-0.15, -0.1) is 0 Å². The van der Waals surface area contributed by atoms with E-state index in [2.05, 4.69) is 4.90 Å². The van der Waals surface area contributed by atoms with Gasteiger partial charge in [0.05, 0.1) is 0 Å². The minimum Gasteiger partial charge on any atom is -0.396 e. The van der Waals surface area contributed by atoms with Crippen LogP contribution in [0, 0.1) is 0 Å². The zero-order chi connectivity index (χ0) is 12.1. The largest absolute Gasteiger partial charge is 0.396 e. The number of nitrogens with two attached hydrogens (primary N) is 1. The van der Waals surface area contributed by atoms with Crippen LogP contribution in [0.1, 0.15) is 57.8 Å². The van der Waals surface area contributed by atoms with Crippen LogP contribution in [0.5, 0.6) is 0 Å². The first-order valence-electron chi connectivity index (χ1n) is 7.45. The highest BCUT2D eigenvalue weighted by molar-refractivity contribution is 4.91. The summed E-state index contributed by atoms with van der Waals surface area (Å²) in [7, 11) is 0. The summed E-state index contributed by atoms with van der Waals surface area (Å²) < 4.78 is 0. The molecule has 0 amide bonds. The van der Waals surface area contributed by atoms with Crippen LogP contribution in [-0.2, 0) is 0 Å². The molecule has 0 aromatic rings. The molecule has 2 fully saturated rings. The molecule has 3 N–H and O–H groups in total. The van der Waals surface area contributed by atoms with Gasteiger partial charge >= 0.3 is 0 Å². The molecule has 17 heavy (non-hydrogen) atoms. The summed E-state index contributed by atoms with van der Waals surface area (Å²) in [4.78, 5) is 2.63. The Bertz CT molecular complexity index is 218. The van der Waals surface area contributed by atoms with Crippen LogP contribution in [0.4, 0.5) is 0 Å². The lowest BCUT2D eigenvalue weighted by atomic mass is 9.88. The van der Waals surface area contributed by atoms with Gasteiger partial charge in [-0.05, 0) is 32.1 Å². The molecule has 0 aliphatic heterocycles. The molecule has 0 aromatic carbocycles. The molecule has 100 valence electrons. The molecule has 0 heterocycles. The first-order valence-corrected chi connectivity index (χ1v) is 7.45. The molecular formula is C14H28N2O. The van der Waals surface area contributed by atoms with Crippen LogP contribution >= 0.6 is 0 Å². The second-order valence-electron chi connectivity index (χ2n) is 5.77. The molecule has 2 aliphatic rings. The van der Waals surface area contributed by atoms with Crippen LogP contribution in [0.2, 0.25) is 0 Å². The van der Waals surface area contributed by atoms with Gasteiger partial charge in [0.25, 0.3) is 0 Å². The van der Waals surface area contributed by atoms with Gasteiger partial charge in [-0.2, -0.15) is 0 Å². The number of rotatable bonds is 5. The van der Waals surface area contributed by atoms with Crippen molar-refractivity contribution in [1.82, 2.24) is 4.90 Å². The molecule has 0 spiro atoms. The SMILES string of the molecule is NC1CCCCCC1N(CCCO)C1CCC1. The van der Waals surface area contributed by atoms with Gasteiger partial charge in [0.1, 0.15) is 0 Å². The molecule has 2 saturated carbocycles. The van der Waals surface area contributed by atoms with Gasteiger partial charge in [-0.1, -0.05) is 25.7 Å². The van der Waals surface area contributed by atoms with Gasteiger partial charge in [-0.3, -0.25) is 4.90 Å². The van der Waals surface area contributed by atoms with Crippen molar-refractivity contribution in [3.63, 3.8) is 0 Å². The van der Waals surface area contributed by atoms with Gasteiger partial charge < -0.3 is 10.8 Å². The van der Waals surface area contributed by atoms with Crippen LogP contribution < -0.4 is 5.73 Å². The van der Waals surface area contributed by atoms with E-state index in [1.54, 1.807) is 0 Å². The highest BCUT2D eigenvalue weighted by atomic mass is 16.3. The fraction of sp³-hybridized carbons (Fsp3) is 1.00. The van der Waals surface area contributed by atoms with Crippen molar-refractivity contribution in [2.45, 2.75) is 75.9 Å². The van der Waals surface area contributed by atoms with Crippen molar-refractivity contribution in [1.29, 1.82) is 0 Å². The molecule has 2 unspecified atom stereocenters. The molecule has 2 aliphatic carbocycles. The van der Waals surface area contributed by atoms with E-state index in [-0.39, 0.29) is 0 Å². The third-order valence-electron chi connectivity index (χ3n) is 4.58. The minimum absolute atomic E-state index is 0.311. The minimum atomic E-state index is 0.311. The van der Waals surface area contributed by atoms with Gasteiger partial charge in [0.15, 0.2) is 0 Å². The fourth-order valence-corrected chi connectivity index (χ4v) is 3.32. The van der Waals surface area contributed by atoms with E-state index in [0.29, 0.717) is 18.7 Å². The van der Waals surface area contributed by atoms with Crippen molar-refractivity contribution in [3.8, 4) is 0 Å². The van der Waals surface area contributed by atoms with Crippen LogP contribution in [0.3, 0.4) is 0 Å². The highest BCUT2D eigenvalue weighted by Crippen LogP contribution is 2.31. The Morgan fingerprint density at radius 3 is 2.41 bits per heavy atom. The number of aliphatic hydroxyl groups is 1. The summed E-state index contributed by atoms with van der Waals surface area (Å²) in [6.45, 7) is 1.35. The fourth-order valence-electron chi connectivity index (χ4n) is 3.32. The zero-order valence-corrected chi connectivity index (χ0v) is 11.0. The third kappa shape index (κ3) is 3.43. The van der Waals surface area contributed by atoms with E-state index in [4.69, 9.17) is 10.8 Å². The maximum absolute atomic E-state index is 9.05. The lowest BCUT2D eigenvalue weighted by Crippen LogP contribution is -2.54. The zero-order valence-electron chi connectivity index (χ0n) is 11.0. The molecular weight excluding hydrogens is 212 g/mol. The number of hydrogen-bond acceptors (Lipinski definition) is 3. The Kier molecular flexibility index (Phi) is 5.26. The van der Waals surface area contributed by atoms with Crippen molar-refractivity contribution < 1.29 is 5.11 Å². The van der Waals surface area contributed by atoms with Crippen LogP contribution in [0.25, 0.3) is 0 Å². The Balaban J connectivity index is 1.95. The standard InChI is InChI=1S/C14H28N2O/c15-13-8-2-1-3-9-14(13)16(10-5-11-17)12-6-4-7-12/h12-14,17H,1-11,15H2. The van der Waals surface area contributed by atoms with E-state index in [9.17, 15) is 0 Å². The highest BCUT2D eigenvalue weighted by Gasteiger charge is 2.33. The number of nitrogens with zero attached hydrogens (tertiary/aromatic N) is 1. The summed E-state index contributed by atoms with van der Waals surface area (Å²) in [5.74, 6) is 0. The molecule has 2 rings (SSSR count). The second-order valence-corrected chi connectivity index (χ2v) is 5.77. The smallest absolute Gasteiger partial charge is 0.0443 e. The van der Waals surface area contributed by atoms with Crippen molar-refractivity contribution in [2.24, 2.45) is 5.73 Å². The maximum Gasteiger partial charge on any atom is 0.0443 e. The predicted molar refractivity (Wildman–Crippen MR) is 70.9 cm³/mol. The second kappa shape index (κ2) is 6.72. The average Bonchev–Trinajstić information content (AvgIpc) is 2.46. The van der Waals surface area contributed by atoms with E-state index in [1.807, 2.05) is 0 Å². The molecule has 2 atom stereocenters.